The van der Waals surface area contributed by atoms with E-state index in [1.807, 2.05) is 12.1 Å². The van der Waals surface area contributed by atoms with Crippen LogP contribution in [0.2, 0.25) is 0 Å². The standard InChI is InChI=1S/C13H16Br2N4/c14-9-7-10(13(17)11(15)8-9)12(1-2-16)19-5-3-18-4-6-19/h7-8,12,18H,1,3-6,17H2/t12-/m0/s1. The van der Waals surface area contributed by atoms with Crippen LogP contribution >= 0.6 is 31.9 Å². The van der Waals surface area contributed by atoms with Gasteiger partial charge in [-0.3, -0.25) is 4.90 Å². The van der Waals surface area contributed by atoms with Crippen molar-refractivity contribution >= 4 is 37.5 Å². The molecule has 0 amide bonds. The molecule has 1 atom stereocenters. The third-order valence-electron chi connectivity index (χ3n) is 3.36. The van der Waals surface area contributed by atoms with Gasteiger partial charge in [0, 0.05) is 41.2 Å². The van der Waals surface area contributed by atoms with Crippen LogP contribution in [0.5, 0.6) is 0 Å². The first-order valence-electron chi connectivity index (χ1n) is 6.19. The first kappa shape index (κ1) is 14.8. The highest BCUT2D eigenvalue weighted by Gasteiger charge is 2.24. The fourth-order valence-corrected chi connectivity index (χ4v) is 3.65. The van der Waals surface area contributed by atoms with Crippen molar-refractivity contribution in [3.63, 3.8) is 0 Å². The Bertz CT molecular complexity index is 492. The molecule has 0 saturated carbocycles. The highest BCUT2D eigenvalue weighted by molar-refractivity contribution is 9.11. The Morgan fingerprint density at radius 1 is 1.37 bits per heavy atom. The molecule has 1 aromatic carbocycles. The number of nitrogens with zero attached hydrogens (tertiary/aromatic N) is 2. The van der Waals surface area contributed by atoms with Gasteiger partial charge in [0.15, 0.2) is 0 Å². The first-order valence-corrected chi connectivity index (χ1v) is 7.78. The highest BCUT2D eigenvalue weighted by Crippen LogP contribution is 2.36. The minimum absolute atomic E-state index is 0.0564. The predicted molar refractivity (Wildman–Crippen MR) is 83.7 cm³/mol. The maximum absolute atomic E-state index is 9.10. The third kappa shape index (κ3) is 3.48. The van der Waals surface area contributed by atoms with E-state index in [9.17, 15) is 0 Å². The van der Waals surface area contributed by atoms with Gasteiger partial charge in [-0.15, -0.1) is 0 Å². The monoisotopic (exact) mass is 386 g/mol. The number of anilines is 1. The van der Waals surface area contributed by atoms with Crippen molar-refractivity contribution in [1.82, 2.24) is 10.2 Å². The molecule has 1 aliphatic heterocycles. The molecule has 0 bridgehead atoms. The average Bonchev–Trinajstić information content (AvgIpc) is 2.41. The van der Waals surface area contributed by atoms with E-state index in [4.69, 9.17) is 11.0 Å². The predicted octanol–water partition coefficient (Wildman–Crippen LogP) is 2.65. The number of halogens is 2. The van der Waals surface area contributed by atoms with Gasteiger partial charge in [0.05, 0.1) is 18.2 Å². The van der Waals surface area contributed by atoms with Crippen molar-refractivity contribution in [3.8, 4) is 6.07 Å². The topological polar surface area (TPSA) is 65.1 Å². The zero-order valence-electron chi connectivity index (χ0n) is 10.5. The number of hydrogen-bond donors (Lipinski definition) is 2. The highest BCUT2D eigenvalue weighted by atomic mass is 79.9. The summed E-state index contributed by atoms with van der Waals surface area (Å²) >= 11 is 6.96. The number of nitrogens with two attached hydrogens (primary N) is 1. The van der Waals surface area contributed by atoms with Gasteiger partial charge < -0.3 is 11.1 Å². The van der Waals surface area contributed by atoms with Gasteiger partial charge >= 0.3 is 0 Å². The Morgan fingerprint density at radius 3 is 2.68 bits per heavy atom. The van der Waals surface area contributed by atoms with Gasteiger partial charge in [-0.2, -0.15) is 5.26 Å². The van der Waals surface area contributed by atoms with E-state index in [1.54, 1.807) is 0 Å². The van der Waals surface area contributed by atoms with E-state index in [2.05, 4.69) is 48.1 Å². The van der Waals surface area contributed by atoms with E-state index < -0.39 is 0 Å². The third-order valence-corrected chi connectivity index (χ3v) is 4.48. The molecule has 1 fully saturated rings. The molecule has 102 valence electrons. The Kier molecular flexibility index (Phi) is 5.22. The maximum Gasteiger partial charge on any atom is 0.0641 e. The Hall–Kier alpha value is -0.610. The molecule has 6 heteroatoms. The first-order chi connectivity index (χ1) is 9.13. The zero-order valence-corrected chi connectivity index (χ0v) is 13.7. The number of benzene rings is 1. The van der Waals surface area contributed by atoms with E-state index in [0.29, 0.717) is 6.42 Å². The van der Waals surface area contributed by atoms with Gasteiger partial charge in [0.2, 0.25) is 0 Å². The molecule has 1 saturated heterocycles. The van der Waals surface area contributed by atoms with Crippen molar-refractivity contribution < 1.29 is 0 Å². The summed E-state index contributed by atoms with van der Waals surface area (Å²) in [5, 5.41) is 12.4. The molecule has 1 aliphatic rings. The van der Waals surface area contributed by atoms with Crippen molar-refractivity contribution in [2.45, 2.75) is 12.5 Å². The fraction of sp³-hybridized carbons (Fsp3) is 0.462. The van der Waals surface area contributed by atoms with Gasteiger partial charge in [-0.05, 0) is 33.6 Å². The second-order valence-corrected chi connectivity index (χ2v) is 6.32. The van der Waals surface area contributed by atoms with Crippen molar-refractivity contribution in [1.29, 1.82) is 5.26 Å². The lowest BCUT2D eigenvalue weighted by atomic mass is 10.00. The SMILES string of the molecule is N#CC[C@@H](c1cc(Br)cc(Br)c1N)N1CCNCC1. The molecule has 4 nitrogen and oxygen atoms in total. The van der Waals surface area contributed by atoms with Crippen LogP contribution in [0.15, 0.2) is 21.1 Å². The zero-order chi connectivity index (χ0) is 13.8. The number of nitriles is 1. The second-order valence-electron chi connectivity index (χ2n) is 4.55. The fourth-order valence-electron chi connectivity index (χ4n) is 2.40. The van der Waals surface area contributed by atoms with Crippen molar-refractivity contribution in [2.75, 3.05) is 31.9 Å². The Labute approximate surface area is 130 Å². The quantitative estimate of drug-likeness (QED) is 0.782. The molecule has 19 heavy (non-hydrogen) atoms. The van der Waals surface area contributed by atoms with Crippen LogP contribution in [-0.4, -0.2) is 31.1 Å². The number of rotatable bonds is 3. The van der Waals surface area contributed by atoms with Crippen molar-refractivity contribution in [3.05, 3.63) is 26.6 Å². The molecular formula is C13H16Br2N4. The molecule has 0 aromatic heterocycles. The summed E-state index contributed by atoms with van der Waals surface area (Å²) in [7, 11) is 0. The van der Waals surface area contributed by atoms with Crippen LogP contribution in [0.3, 0.4) is 0 Å². The minimum atomic E-state index is 0.0564. The molecule has 1 aromatic rings. The lowest BCUT2D eigenvalue weighted by Crippen LogP contribution is -2.45. The van der Waals surface area contributed by atoms with E-state index in [0.717, 1.165) is 46.4 Å². The normalized spacial score (nSPS) is 17.9. The molecule has 0 unspecified atom stereocenters. The van der Waals surface area contributed by atoms with Crippen LogP contribution in [0, 0.1) is 11.3 Å². The molecule has 0 radical (unpaired) electrons. The molecule has 1 heterocycles. The maximum atomic E-state index is 9.10. The largest absolute Gasteiger partial charge is 0.398 e. The molecule has 3 N–H and O–H groups in total. The minimum Gasteiger partial charge on any atom is -0.398 e. The second kappa shape index (κ2) is 6.71. The van der Waals surface area contributed by atoms with E-state index in [-0.39, 0.29) is 6.04 Å². The lowest BCUT2D eigenvalue weighted by molar-refractivity contribution is 0.176. The summed E-state index contributed by atoms with van der Waals surface area (Å²) in [5.41, 5.74) is 7.91. The summed E-state index contributed by atoms with van der Waals surface area (Å²) in [6.45, 7) is 3.79. The lowest BCUT2D eigenvalue weighted by Gasteiger charge is -2.34. The van der Waals surface area contributed by atoms with Crippen LogP contribution in [0.25, 0.3) is 0 Å². The summed E-state index contributed by atoms with van der Waals surface area (Å²) in [4.78, 5) is 2.32. The van der Waals surface area contributed by atoms with Crippen molar-refractivity contribution in [2.24, 2.45) is 0 Å². The van der Waals surface area contributed by atoms with Gasteiger partial charge in [-0.25, -0.2) is 0 Å². The molecular weight excluding hydrogens is 372 g/mol. The summed E-state index contributed by atoms with van der Waals surface area (Å²) in [5.74, 6) is 0. The van der Waals surface area contributed by atoms with Gasteiger partial charge in [0.1, 0.15) is 0 Å². The molecule has 2 rings (SSSR count). The Morgan fingerprint density at radius 2 is 2.05 bits per heavy atom. The molecule has 0 aliphatic carbocycles. The average molecular weight is 388 g/mol. The number of piperazine rings is 1. The summed E-state index contributed by atoms with van der Waals surface area (Å²) in [6.07, 6.45) is 0.451. The van der Waals surface area contributed by atoms with Crippen LogP contribution in [0.4, 0.5) is 5.69 Å². The summed E-state index contributed by atoms with van der Waals surface area (Å²) in [6, 6.07) is 6.29. The Balaban J connectivity index is 2.35. The molecule has 0 spiro atoms. The smallest absolute Gasteiger partial charge is 0.0641 e. The van der Waals surface area contributed by atoms with Gasteiger partial charge in [0.25, 0.3) is 0 Å². The van der Waals surface area contributed by atoms with E-state index >= 15 is 0 Å². The van der Waals surface area contributed by atoms with Crippen LogP contribution in [-0.2, 0) is 0 Å². The number of hydrogen-bond acceptors (Lipinski definition) is 4. The number of nitrogens with one attached hydrogen (secondary N) is 1. The van der Waals surface area contributed by atoms with Gasteiger partial charge in [-0.1, -0.05) is 15.9 Å². The van der Waals surface area contributed by atoms with E-state index in [1.165, 1.54) is 0 Å². The van der Waals surface area contributed by atoms with Crippen LogP contribution in [0.1, 0.15) is 18.0 Å². The van der Waals surface area contributed by atoms with Crippen LogP contribution < -0.4 is 11.1 Å². The number of nitrogen functional groups attached to an aromatic ring is 1. The summed E-state index contributed by atoms with van der Waals surface area (Å²) < 4.78 is 1.84.